The Kier molecular flexibility index (Phi) is 3.53. The molecular weight excluding hydrogens is 148 g/mol. The Labute approximate surface area is 76.1 Å². The van der Waals surface area contributed by atoms with Crippen molar-refractivity contribution >= 4 is 0 Å². The lowest BCUT2D eigenvalue weighted by molar-refractivity contribution is 0.228. The van der Waals surface area contributed by atoms with Crippen LogP contribution < -0.4 is 5.73 Å². The Morgan fingerprint density at radius 1 is 1.25 bits per heavy atom. The fourth-order valence-electron chi connectivity index (χ4n) is 1.81. The summed E-state index contributed by atoms with van der Waals surface area (Å²) in [6.45, 7) is 9.22. The molecule has 2 N–H and O–H groups in total. The summed E-state index contributed by atoms with van der Waals surface area (Å²) in [5.74, 6) is 0.703. The summed E-state index contributed by atoms with van der Waals surface area (Å²) in [4.78, 5) is 2.53. The van der Waals surface area contributed by atoms with Crippen LogP contribution in [0.1, 0.15) is 33.6 Å². The van der Waals surface area contributed by atoms with Crippen LogP contribution >= 0.6 is 0 Å². The molecule has 72 valence electrons. The van der Waals surface area contributed by atoms with E-state index in [2.05, 4.69) is 25.7 Å². The normalized spacial score (nSPS) is 33.8. The van der Waals surface area contributed by atoms with Crippen LogP contribution in [0.25, 0.3) is 0 Å². The van der Waals surface area contributed by atoms with Crippen LogP contribution in [-0.4, -0.2) is 30.1 Å². The van der Waals surface area contributed by atoms with E-state index in [0.29, 0.717) is 18.0 Å². The van der Waals surface area contributed by atoms with Crippen molar-refractivity contribution < 1.29 is 0 Å². The van der Waals surface area contributed by atoms with Crippen LogP contribution in [0.4, 0.5) is 0 Å². The molecule has 1 saturated heterocycles. The van der Waals surface area contributed by atoms with Crippen molar-refractivity contribution in [2.45, 2.75) is 45.7 Å². The molecule has 0 aromatic rings. The zero-order valence-electron chi connectivity index (χ0n) is 8.59. The lowest BCUT2D eigenvalue weighted by atomic mass is 9.98. The molecule has 0 amide bonds. The minimum absolute atomic E-state index is 0.425. The van der Waals surface area contributed by atoms with E-state index < -0.39 is 0 Å². The van der Waals surface area contributed by atoms with Gasteiger partial charge in [0.05, 0.1) is 0 Å². The maximum Gasteiger partial charge on any atom is 0.00771 e. The highest BCUT2D eigenvalue weighted by atomic mass is 15.1. The van der Waals surface area contributed by atoms with Crippen LogP contribution in [0.2, 0.25) is 0 Å². The maximum atomic E-state index is 6.01. The Morgan fingerprint density at radius 2 is 1.83 bits per heavy atom. The van der Waals surface area contributed by atoms with E-state index in [-0.39, 0.29) is 0 Å². The van der Waals surface area contributed by atoms with Gasteiger partial charge in [0.25, 0.3) is 0 Å². The quantitative estimate of drug-likeness (QED) is 0.645. The Hall–Kier alpha value is -0.0800. The molecule has 1 aliphatic rings. The van der Waals surface area contributed by atoms with Crippen LogP contribution in [0.15, 0.2) is 0 Å². The predicted molar refractivity (Wildman–Crippen MR) is 53.1 cm³/mol. The number of nitrogens with two attached hydrogens (primary N) is 1. The minimum Gasteiger partial charge on any atom is -0.327 e. The zero-order valence-corrected chi connectivity index (χ0v) is 8.59. The first-order valence-corrected chi connectivity index (χ1v) is 5.11. The van der Waals surface area contributed by atoms with E-state index in [0.717, 1.165) is 0 Å². The number of hydrogen-bond donors (Lipinski definition) is 1. The molecule has 0 aromatic heterocycles. The molecule has 0 radical (unpaired) electrons. The second-order valence-electron chi connectivity index (χ2n) is 4.35. The number of hydrogen-bond acceptors (Lipinski definition) is 2. The maximum absolute atomic E-state index is 6.01. The van der Waals surface area contributed by atoms with Gasteiger partial charge in [-0.2, -0.15) is 0 Å². The third-order valence-corrected chi connectivity index (χ3v) is 3.08. The summed E-state index contributed by atoms with van der Waals surface area (Å²) in [5.41, 5.74) is 6.01. The van der Waals surface area contributed by atoms with Crippen molar-refractivity contribution in [3.05, 3.63) is 0 Å². The number of rotatable bonds is 1. The van der Waals surface area contributed by atoms with Crippen molar-refractivity contribution in [1.29, 1.82) is 0 Å². The second-order valence-corrected chi connectivity index (χ2v) is 4.35. The first kappa shape index (κ1) is 10.0. The van der Waals surface area contributed by atoms with Crippen molar-refractivity contribution in [2.75, 3.05) is 13.1 Å². The molecular formula is C10H22N2. The molecule has 12 heavy (non-hydrogen) atoms. The number of nitrogens with zero attached hydrogens (tertiary/aromatic N) is 1. The van der Waals surface area contributed by atoms with Gasteiger partial charge in [-0.3, -0.25) is 0 Å². The highest BCUT2D eigenvalue weighted by Crippen LogP contribution is 2.17. The molecule has 0 bridgehead atoms. The molecule has 2 atom stereocenters. The van der Waals surface area contributed by atoms with Crippen LogP contribution in [0, 0.1) is 5.92 Å². The van der Waals surface area contributed by atoms with E-state index >= 15 is 0 Å². The topological polar surface area (TPSA) is 29.3 Å². The highest BCUT2D eigenvalue weighted by Gasteiger charge is 2.20. The summed E-state index contributed by atoms with van der Waals surface area (Å²) in [6, 6.07) is 1.11. The van der Waals surface area contributed by atoms with Gasteiger partial charge in [0, 0.05) is 12.1 Å². The zero-order chi connectivity index (χ0) is 9.14. The lowest BCUT2D eigenvalue weighted by Gasteiger charge is -2.24. The fraction of sp³-hybridized carbons (Fsp3) is 1.00. The Morgan fingerprint density at radius 3 is 2.42 bits per heavy atom. The Balaban J connectivity index is 2.44. The molecule has 0 saturated carbocycles. The summed E-state index contributed by atoms with van der Waals surface area (Å²) in [6.07, 6.45) is 2.43. The molecule has 2 heteroatoms. The highest BCUT2D eigenvalue weighted by molar-refractivity contribution is 4.78. The van der Waals surface area contributed by atoms with Crippen LogP contribution in [0.5, 0.6) is 0 Å². The van der Waals surface area contributed by atoms with Gasteiger partial charge in [-0.25, -0.2) is 0 Å². The van der Waals surface area contributed by atoms with Gasteiger partial charge < -0.3 is 10.6 Å². The van der Waals surface area contributed by atoms with Gasteiger partial charge in [-0.15, -0.1) is 0 Å². The standard InChI is InChI=1S/C10H22N2/c1-8(2)12-6-4-9(3)10(11)5-7-12/h8-10H,4-7,11H2,1-3H3. The van der Waals surface area contributed by atoms with Gasteiger partial charge >= 0.3 is 0 Å². The summed E-state index contributed by atoms with van der Waals surface area (Å²) < 4.78 is 0. The molecule has 2 nitrogen and oxygen atoms in total. The molecule has 1 fully saturated rings. The van der Waals surface area contributed by atoms with E-state index in [4.69, 9.17) is 5.73 Å². The SMILES string of the molecule is CC1CCN(C(C)C)CCC1N. The summed E-state index contributed by atoms with van der Waals surface area (Å²) in [7, 11) is 0. The van der Waals surface area contributed by atoms with Crippen molar-refractivity contribution in [3.63, 3.8) is 0 Å². The molecule has 0 aliphatic carbocycles. The van der Waals surface area contributed by atoms with E-state index in [1.165, 1.54) is 25.9 Å². The smallest absolute Gasteiger partial charge is 0.00771 e. The van der Waals surface area contributed by atoms with Crippen molar-refractivity contribution in [1.82, 2.24) is 4.90 Å². The first-order chi connectivity index (χ1) is 5.61. The first-order valence-electron chi connectivity index (χ1n) is 5.11. The van der Waals surface area contributed by atoms with Gasteiger partial charge in [0.15, 0.2) is 0 Å². The van der Waals surface area contributed by atoms with Gasteiger partial charge in [-0.05, 0) is 45.7 Å². The molecule has 0 spiro atoms. The van der Waals surface area contributed by atoms with E-state index in [1.54, 1.807) is 0 Å². The largest absolute Gasteiger partial charge is 0.327 e. The third-order valence-electron chi connectivity index (χ3n) is 3.08. The number of likely N-dealkylation sites (tertiary alicyclic amines) is 1. The Bertz CT molecular complexity index is 122. The lowest BCUT2D eigenvalue weighted by Crippen LogP contribution is -2.32. The fourth-order valence-corrected chi connectivity index (χ4v) is 1.81. The average molecular weight is 170 g/mol. The van der Waals surface area contributed by atoms with Gasteiger partial charge in [0.1, 0.15) is 0 Å². The van der Waals surface area contributed by atoms with Crippen LogP contribution in [0.3, 0.4) is 0 Å². The van der Waals surface area contributed by atoms with Gasteiger partial charge in [0.2, 0.25) is 0 Å². The monoisotopic (exact) mass is 170 g/mol. The summed E-state index contributed by atoms with van der Waals surface area (Å²) in [5, 5.41) is 0. The minimum atomic E-state index is 0.425. The average Bonchev–Trinajstić information content (AvgIpc) is 2.16. The third kappa shape index (κ3) is 2.46. The molecule has 0 aromatic carbocycles. The second kappa shape index (κ2) is 4.24. The van der Waals surface area contributed by atoms with Gasteiger partial charge in [-0.1, -0.05) is 6.92 Å². The van der Waals surface area contributed by atoms with Crippen molar-refractivity contribution in [3.8, 4) is 0 Å². The molecule has 1 aliphatic heterocycles. The summed E-state index contributed by atoms with van der Waals surface area (Å²) >= 11 is 0. The van der Waals surface area contributed by atoms with E-state index in [1.807, 2.05) is 0 Å². The molecule has 2 unspecified atom stereocenters. The van der Waals surface area contributed by atoms with Crippen molar-refractivity contribution in [2.24, 2.45) is 11.7 Å². The molecule has 1 rings (SSSR count). The molecule has 1 heterocycles. The van der Waals surface area contributed by atoms with E-state index in [9.17, 15) is 0 Å². The predicted octanol–water partition coefficient (Wildman–Crippen LogP) is 1.45. The van der Waals surface area contributed by atoms with Crippen LogP contribution in [-0.2, 0) is 0 Å².